The summed E-state index contributed by atoms with van der Waals surface area (Å²) in [6.07, 6.45) is 3.69. The fraction of sp³-hybridized carbons (Fsp3) is 0.571. The van der Waals surface area contributed by atoms with Gasteiger partial charge in [-0.25, -0.2) is 0 Å². The lowest BCUT2D eigenvalue weighted by molar-refractivity contribution is -0.137. The Balaban J connectivity index is 2.05. The second kappa shape index (κ2) is 6.56. The highest BCUT2D eigenvalue weighted by Gasteiger charge is 2.24. The quantitative estimate of drug-likeness (QED) is 0.847. The van der Waals surface area contributed by atoms with Crippen LogP contribution in [-0.4, -0.2) is 52.3 Å². The van der Waals surface area contributed by atoms with E-state index in [1.54, 1.807) is 34.8 Å². The lowest BCUT2D eigenvalue weighted by Crippen LogP contribution is -2.39. The Bertz CT molecular complexity index is 477. The number of hydrogen-bond donors (Lipinski definition) is 1. The van der Waals surface area contributed by atoms with Crippen molar-refractivity contribution in [1.29, 1.82) is 0 Å². The second-order valence-electron chi connectivity index (χ2n) is 5.03. The molecule has 6 heteroatoms. The normalized spacial score (nSPS) is 18.1. The molecule has 1 amide bonds. The number of hydrogen-bond acceptors (Lipinski definition) is 3. The standard InChI is InChI=1S/C14H20N2O4/c1-15-7-2-5-12(15)14(19)16(8-6-13(17)18)10-11-4-3-9-20-11/h2,5,7,11H,3-4,6,8-10H2,1H3,(H,17,18)/t11-/m0/s1. The molecule has 2 rings (SSSR count). The number of nitrogens with zero attached hydrogens (tertiary/aromatic N) is 2. The molecule has 1 saturated heterocycles. The van der Waals surface area contributed by atoms with E-state index >= 15 is 0 Å². The van der Waals surface area contributed by atoms with Gasteiger partial charge in [-0.3, -0.25) is 9.59 Å². The number of aromatic nitrogens is 1. The maximum absolute atomic E-state index is 12.5. The molecule has 1 aromatic rings. The lowest BCUT2D eigenvalue weighted by atomic mass is 10.2. The van der Waals surface area contributed by atoms with E-state index in [4.69, 9.17) is 9.84 Å². The molecule has 110 valence electrons. The number of carboxylic acid groups (broad SMARTS) is 1. The van der Waals surface area contributed by atoms with Crippen LogP contribution in [0.5, 0.6) is 0 Å². The molecule has 2 heterocycles. The summed E-state index contributed by atoms with van der Waals surface area (Å²) in [5, 5.41) is 8.82. The van der Waals surface area contributed by atoms with E-state index in [1.807, 2.05) is 0 Å². The van der Waals surface area contributed by atoms with E-state index in [-0.39, 0.29) is 25.0 Å². The molecule has 6 nitrogen and oxygen atoms in total. The van der Waals surface area contributed by atoms with Gasteiger partial charge in [-0.1, -0.05) is 0 Å². The number of ether oxygens (including phenoxy) is 1. The fourth-order valence-corrected chi connectivity index (χ4v) is 2.39. The number of aliphatic carboxylic acids is 1. The molecule has 0 saturated carbocycles. The van der Waals surface area contributed by atoms with Crippen LogP contribution in [0.4, 0.5) is 0 Å². The van der Waals surface area contributed by atoms with Gasteiger partial charge in [0.05, 0.1) is 12.5 Å². The predicted octanol–water partition coefficient (Wildman–Crippen LogP) is 1.12. The average Bonchev–Trinajstić information content (AvgIpc) is 3.04. The first kappa shape index (κ1) is 14.6. The van der Waals surface area contributed by atoms with E-state index in [2.05, 4.69) is 0 Å². The largest absolute Gasteiger partial charge is 0.481 e. The van der Waals surface area contributed by atoms with Crippen molar-refractivity contribution in [3.05, 3.63) is 24.0 Å². The molecule has 0 unspecified atom stereocenters. The summed E-state index contributed by atoms with van der Waals surface area (Å²) in [5.74, 6) is -1.05. The Labute approximate surface area is 117 Å². The van der Waals surface area contributed by atoms with Gasteiger partial charge in [0, 0.05) is 32.9 Å². The number of aryl methyl sites for hydroxylation is 1. The third-order valence-corrected chi connectivity index (χ3v) is 3.49. The Kier molecular flexibility index (Phi) is 4.79. The minimum Gasteiger partial charge on any atom is -0.481 e. The van der Waals surface area contributed by atoms with Crippen LogP contribution in [0, 0.1) is 0 Å². The summed E-state index contributed by atoms with van der Waals surface area (Å²) < 4.78 is 7.28. The Morgan fingerprint density at radius 1 is 1.55 bits per heavy atom. The predicted molar refractivity (Wildman–Crippen MR) is 72.5 cm³/mol. The first-order valence-electron chi connectivity index (χ1n) is 6.82. The highest BCUT2D eigenvalue weighted by Crippen LogP contribution is 2.15. The topological polar surface area (TPSA) is 71.8 Å². The Morgan fingerprint density at radius 3 is 2.90 bits per heavy atom. The smallest absolute Gasteiger partial charge is 0.305 e. The van der Waals surface area contributed by atoms with Gasteiger partial charge < -0.3 is 19.3 Å². The summed E-state index contributed by atoms with van der Waals surface area (Å²) >= 11 is 0. The van der Waals surface area contributed by atoms with Crippen molar-refractivity contribution in [3.8, 4) is 0 Å². The maximum Gasteiger partial charge on any atom is 0.305 e. The van der Waals surface area contributed by atoms with Crippen molar-refractivity contribution in [3.63, 3.8) is 0 Å². The number of carbonyl (C=O) groups excluding carboxylic acids is 1. The summed E-state index contributed by atoms with van der Waals surface area (Å²) in [7, 11) is 1.80. The van der Waals surface area contributed by atoms with Crippen LogP contribution in [0.1, 0.15) is 29.8 Å². The van der Waals surface area contributed by atoms with Gasteiger partial charge in [-0.15, -0.1) is 0 Å². The third-order valence-electron chi connectivity index (χ3n) is 3.49. The third kappa shape index (κ3) is 3.60. The molecule has 1 aliphatic rings. The van der Waals surface area contributed by atoms with E-state index < -0.39 is 5.97 Å². The maximum atomic E-state index is 12.5. The molecule has 1 N–H and O–H groups in total. The summed E-state index contributed by atoms with van der Waals surface area (Å²) in [6, 6.07) is 3.54. The highest BCUT2D eigenvalue weighted by molar-refractivity contribution is 5.93. The monoisotopic (exact) mass is 280 g/mol. The number of carbonyl (C=O) groups is 2. The number of carboxylic acids is 1. The minimum atomic E-state index is -0.901. The molecule has 0 radical (unpaired) electrons. The van der Waals surface area contributed by atoms with Crippen molar-refractivity contribution >= 4 is 11.9 Å². The van der Waals surface area contributed by atoms with Gasteiger partial charge >= 0.3 is 5.97 Å². The highest BCUT2D eigenvalue weighted by atomic mass is 16.5. The zero-order valence-corrected chi connectivity index (χ0v) is 11.6. The van der Waals surface area contributed by atoms with Crippen molar-refractivity contribution in [2.45, 2.75) is 25.4 Å². The van der Waals surface area contributed by atoms with E-state index in [0.717, 1.165) is 19.4 Å². The van der Waals surface area contributed by atoms with Gasteiger partial charge in [0.2, 0.25) is 0 Å². The molecule has 20 heavy (non-hydrogen) atoms. The summed E-state index contributed by atoms with van der Waals surface area (Å²) in [5.41, 5.74) is 0.563. The number of amides is 1. The molecule has 1 aliphatic heterocycles. The van der Waals surface area contributed by atoms with E-state index in [9.17, 15) is 9.59 Å². The lowest BCUT2D eigenvalue weighted by Gasteiger charge is -2.25. The second-order valence-corrected chi connectivity index (χ2v) is 5.03. The first-order chi connectivity index (χ1) is 9.58. The van der Waals surface area contributed by atoms with Crippen LogP contribution in [0.2, 0.25) is 0 Å². The minimum absolute atomic E-state index is 0.0213. The van der Waals surface area contributed by atoms with Crippen LogP contribution in [-0.2, 0) is 16.6 Å². The van der Waals surface area contributed by atoms with Crippen molar-refractivity contribution in [1.82, 2.24) is 9.47 Å². The van der Waals surface area contributed by atoms with Crippen LogP contribution < -0.4 is 0 Å². The number of rotatable bonds is 6. The van der Waals surface area contributed by atoms with Crippen LogP contribution in [0.3, 0.4) is 0 Å². The summed E-state index contributed by atoms with van der Waals surface area (Å²) in [4.78, 5) is 24.8. The van der Waals surface area contributed by atoms with Crippen LogP contribution in [0.15, 0.2) is 18.3 Å². The van der Waals surface area contributed by atoms with Gasteiger partial charge in [-0.2, -0.15) is 0 Å². The Morgan fingerprint density at radius 2 is 2.35 bits per heavy atom. The molecule has 1 atom stereocenters. The van der Waals surface area contributed by atoms with Crippen LogP contribution in [0.25, 0.3) is 0 Å². The van der Waals surface area contributed by atoms with Gasteiger partial charge in [0.15, 0.2) is 0 Å². The van der Waals surface area contributed by atoms with Crippen molar-refractivity contribution in [2.24, 2.45) is 7.05 Å². The van der Waals surface area contributed by atoms with E-state index in [0.29, 0.717) is 12.2 Å². The molecule has 0 aliphatic carbocycles. The van der Waals surface area contributed by atoms with Gasteiger partial charge in [-0.05, 0) is 25.0 Å². The van der Waals surface area contributed by atoms with Crippen molar-refractivity contribution < 1.29 is 19.4 Å². The molecule has 1 aromatic heterocycles. The molecular formula is C14H20N2O4. The first-order valence-corrected chi connectivity index (χ1v) is 6.82. The molecule has 1 fully saturated rings. The molecule has 0 bridgehead atoms. The zero-order valence-electron chi connectivity index (χ0n) is 11.6. The Hall–Kier alpha value is -1.82. The van der Waals surface area contributed by atoms with Crippen LogP contribution >= 0.6 is 0 Å². The molecule has 0 spiro atoms. The van der Waals surface area contributed by atoms with Gasteiger partial charge in [0.1, 0.15) is 5.69 Å². The van der Waals surface area contributed by atoms with Gasteiger partial charge in [0.25, 0.3) is 5.91 Å². The zero-order chi connectivity index (χ0) is 14.5. The molecular weight excluding hydrogens is 260 g/mol. The fourth-order valence-electron chi connectivity index (χ4n) is 2.39. The van der Waals surface area contributed by atoms with E-state index in [1.165, 1.54) is 0 Å². The van der Waals surface area contributed by atoms with Crippen molar-refractivity contribution in [2.75, 3.05) is 19.7 Å². The average molecular weight is 280 g/mol. The SMILES string of the molecule is Cn1cccc1C(=O)N(CCC(=O)O)C[C@@H]1CCCO1. The molecule has 0 aromatic carbocycles. The summed E-state index contributed by atoms with van der Waals surface area (Å²) in [6.45, 7) is 1.38.